The third kappa shape index (κ3) is 4.59. The molecule has 122 valence electrons. The minimum absolute atomic E-state index is 0.124. The molecule has 0 heterocycles. The van der Waals surface area contributed by atoms with Gasteiger partial charge in [0.15, 0.2) is 0 Å². The highest BCUT2D eigenvalue weighted by Gasteiger charge is 2.48. The van der Waals surface area contributed by atoms with Crippen LogP contribution in [0.5, 0.6) is 0 Å². The summed E-state index contributed by atoms with van der Waals surface area (Å²) >= 11 is -1.07. The van der Waals surface area contributed by atoms with Gasteiger partial charge in [0.1, 0.15) is 4.75 Å². The standard InChI is InChI=1S/C18H27NO2S/c1-5-11-18(19-22(20)17(2,3)4)12-16(13-18)21-14-15-9-7-6-8-10-15/h5-10,16,19H,1,11-14H2,2-4H3. The zero-order chi connectivity index (χ0) is 16.2. The van der Waals surface area contributed by atoms with Gasteiger partial charge in [0, 0.05) is 11.4 Å². The van der Waals surface area contributed by atoms with E-state index in [9.17, 15) is 4.55 Å². The highest BCUT2D eigenvalue weighted by atomic mass is 32.2. The lowest BCUT2D eigenvalue weighted by Gasteiger charge is -2.47. The second-order valence-corrected chi connectivity index (χ2v) is 9.05. The number of benzene rings is 1. The molecule has 4 heteroatoms. The summed E-state index contributed by atoms with van der Waals surface area (Å²) in [5.74, 6) is 0. The summed E-state index contributed by atoms with van der Waals surface area (Å²) in [5, 5.41) is 0. The summed E-state index contributed by atoms with van der Waals surface area (Å²) in [6.07, 6.45) is 4.71. The first-order chi connectivity index (χ1) is 10.3. The van der Waals surface area contributed by atoms with Crippen molar-refractivity contribution in [3.8, 4) is 0 Å². The second kappa shape index (κ2) is 7.18. The highest BCUT2D eigenvalue weighted by molar-refractivity contribution is 7.90. The molecule has 1 aliphatic rings. The van der Waals surface area contributed by atoms with Gasteiger partial charge < -0.3 is 9.29 Å². The molecule has 0 aliphatic heterocycles. The molecule has 22 heavy (non-hydrogen) atoms. The smallest absolute Gasteiger partial charge is 0.136 e. The number of hydrogen-bond donors (Lipinski definition) is 1. The van der Waals surface area contributed by atoms with E-state index in [0.717, 1.165) is 19.3 Å². The minimum atomic E-state index is -1.07. The maximum absolute atomic E-state index is 12.4. The van der Waals surface area contributed by atoms with E-state index in [-0.39, 0.29) is 16.4 Å². The van der Waals surface area contributed by atoms with Crippen molar-refractivity contribution in [2.75, 3.05) is 0 Å². The van der Waals surface area contributed by atoms with Crippen molar-refractivity contribution in [1.82, 2.24) is 4.72 Å². The van der Waals surface area contributed by atoms with Crippen LogP contribution in [-0.2, 0) is 22.7 Å². The molecule has 3 nitrogen and oxygen atoms in total. The van der Waals surface area contributed by atoms with E-state index in [1.54, 1.807) is 0 Å². The summed E-state index contributed by atoms with van der Waals surface area (Å²) in [4.78, 5) is 0. The summed E-state index contributed by atoms with van der Waals surface area (Å²) in [6, 6.07) is 10.2. The fraction of sp³-hybridized carbons (Fsp3) is 0.556. The van der Waals surface area contributed by atoms with Gasteiger partial charge >= 0.3 is 0 Å². The van der Waals surface area contributed by atoms with Crippen molar-refractivity contribution in [2.24, 2.45) is 0 Å². The molecule has 0 spiro atoms. The lowest BCUT2D eigenvalue weighted by atomic mass is 9.73. The molecule has 2 rings (SSSR count). The molecule has 0 bridgehead atoms. The number of ether oxygens (including phenoxy) is 1. The molecule has 0 aromatic heterocycles. The highest BCUT2D eigenvalue weighted by Crippen LogP contribution is 2.39. The number of rotatable bonds is 7. The number of nitrogens with one attached hydrogen (secondary N) is 1. The van der Waals surface area contributed by atoms with Crippen LogP contribution in [0.3, 0.4) is 0 Å². The summed E-state index contributed by atoms with van der Waals surface area (Å²) in [5.41, 5.74) is 1.07. The Labute approximate surface area is 137 Å². The van der Waals surface area contributed by atoms with Crippen LogP contribution in [0.15, 0.2) is 43.0 Å². The Kier molecular flexibility index (Phi) is 5.72. The van der Waals surface area contributed by atoms with E-state index in [2.05, 4.69) is 23.4 Å². The Bertz CT molecular complexity index is 478. The van der Waals surface area contributed by atoms with Crippen molar-refractivity contribution in [1.29, 1.82) is 0 Å². The van der Waals surface area contributed by atoms with Crippen molar-refractivity contribution >= 4 is 11.4 Å². The Hall–Kier alpha value is -0.810. The van der Waals surface area contributed by atoms with Crippen LogP contribution in [0.25, 0.3) is 0 Å². The van der Waals surface area contributed by atoms with Crippen LogP contribution in [0.2, 0.25) is 0 Å². The second-order valence-electron chi connectivity index (χ2n) is 7.08. The summed E-state index contributed by atoms with van der Waals surface area (Å²) < 4.78 is 21.4. The largest absolute Gasteiger partial charge is 0.598 e. The van der Waals surface area contributed by atoms with E-state index < -0.39 is 11.4 Å². The molecule has 0 saturated heterocycles. The maximum atomic E-state index is 12.4. The molecule has 1 aromatic carbocycles. The molecule has 1 N–H and O–H groups in total. The van der Waals surface area contributed by atoms with Crippen LogP contribution in [0.4, 0.5) is 0 Å². The first kappa shape index (κ1) is 17.5. The summed E-state index contributed by atoms with van der Waals surface area (Å²) in [6.45, 7) is 10.4. The fourth-order valence-corrected chi connectivity index (χ4v) is 3.59. The fourth-order valence-electron chi connectivity index (χ4n) is 2.64. The maximum Gasteiger partial charge on any atom is 0.136 e. The van der Waals surface area contributed by atoms with E-state index in [1.807, 2.05) is 45.0 Å². The molecular weight excluding hydrogens is 294 g/mol. The van der Waals surface area contributed by atoms with Crippen molar-refractivity contribution in [3.05, 3.63) is 48.6 Å². The summed E-state index contributed by atoms with van der Waals surface area (Å²) in [7, 11) is 0. The molecule has 1 aliphatic carbocycles. The molecule has 1 aromatic rings. The van der Waals surface area contributed by atoms with Gasteiger partial charge in [0.25, 0.3) is 0 Å². The normalized spacial score (nSPS) is 26.3. The quantitative estimate of drug-likeness (QED) is 0.615. The molecule has 1 fully saturated rings. The van der Waals surface area contributed by atoms with Crippen molar-refractivity contribution in [2.45, 2.75) is 63.0 Å². The van der Waals surface area contributed by atoms with Crippen molar-refractivity contribution in [3.63, 3.8) is 0 Å². The first-order valence-electron chi connectivity index (χ1n) is 7.81. The first-order valence-corrected chi connectivity index (χ1v) is 8.96. The zero-order valence-electron chi connectivity index (χ0n) is 13.8. The molecule has 0 amide bonds. The number of hydrogen-bond acceptors (Lipinski definition) is 3. The lowest BCUT2D eigenvalue weighted by molar-refractivity contribution is -0.0561. The average molecular weight is 321 g/mol. The van der Waals surface area contributed by atoms with Gasteiger partial charge in [-0.3, -0.25) is 0 Å². The SMILES string of the molecule is C=CCC1(N[S+]([O-])C(C)(C)C)CC(OCc2ccccc2)C1. The molecule has 1 unspecified atom stereocenters. The van der Waals surface area contributed by atoms with Crippen LogP contribution >= 0.6 is 0 Å². The van der Waals surface area contributed by atoms with Gasteiger partial charge in [-0.15, -0.1) is 11.3 Å². The Morgan fingerprint density at radius 1 is 1.36 bits per heavy atom. The third-order valence-corrected chi connectivity index (χ3v) is 5.70. The van der Waals surface area contributed by atoms with E-state index in [4.69, 9.17) is 4.74 Å². The van der Waals surface area contributed by atoms with Gasteiger partial charge in [-0.2, -0.15) is 0 Å². The zero-order valence-corrected chi connectivity index (χ0v) is 14.6. The van der Waals surface area contributed by atoms with Crippen LogP contribution in [0, 0.1) is 0 Å². The Morgan fingerprint density at radius 2 is 2.00 bits per heavy atom. The topological polar surface area (TPSA) is 44.3 Å². The van der Waals surface area contributed by atoms with E-state index in [1.165, 1.54) is 5.56 Å². The molecule has 1 atom stereocenters. The van der Waals surface area contributed by atoms with Crippen LogP contribution < -0.4 is 4.72 Å². The Morgan fingerprint density at radius 3 is 2.55 bits per heavy atom. The molecular formula is C18H27NO2S. The van der Waals surface area contributed by atoms with E-state index >= 15 is 0 Å². The van der Waals surface area contributed by atoms with Gasteiger partial charge in [-0.25, -0.2) is 0 Å². The van der Waals surface area contributed by atoms with Crippen LogP contribution in [0.1, 0.15) is 45.6 Å². The van der Waals surface area contributed by atoms with Gasteiger partial charge in [-0.05, 0) is 45.6 Å². The molecule has 1 saturated carbocycles. The van der Waals surface area contributed by atoms with E-state index in [0.29, 0.717) is 6.61 Å². The average Bonchev–Trinajstić information content (AvgIpc) is 2.42. The Balaban J connectivity index is 1.85. The van der Waals surface area contributed by atoms with Gasteiger partial charge in [-0.1, -0.05) is 36.4 Å². The lowest BCUT2D eigenvalue weighted by Crippen LogP contribution is -2.62. The molecule has 0 radical (unpaired) electrons. The van der Waals surface area contributed by atoms with Gasteiger partial charge in [0.2, 0.25) is 0 Å². The van der Waals surface area contributed by atoms with Crippen LogP contribution in [-0.4, -0.2) is 20.9 Å². The predicted octanol–water partition coefficient (Wildman–Crippen LogP) is 3.73. The predicted molar refractivity (Wildman–Crippen MR) is 92.8 cm³/mol. The van der Waals surface area contributed by atoms with Gasteiger partial charge in [0.05, 0.1) is 18.2 Å². The third-order valence-electron chi connectivity index (χ3n) is 3.97. The minimum Gasteiger partial charge on any atom is -0.598 e. The monoisotopic (exact) mass is 321 g/mol. The van der Waals surface area contributed by atoms with Crippen molar-refractivity contribution < 1.29 is 9.29 Å².